The highest BCUT2D eigenvalue weighted by Gasteiger charge is 2.40. The van der Waals surface area contributed by atoms with Crippen molar-refractivity contribution in [3.63, 3.8) is 0 Å². The van der Waals surface area contributed by atoms with Crippen molar-refractivity contribution in [1.29, 1.82) is 0 Å². The quantitative estimate of drug-likeness (QED) is 0.725. The predicted octanol–water partition coefficient (Wildman–Crippen LogP) is 1.40. The molecule has 2 fully saturated rings. The summed E-state index contributed by atoms with van der Waals surface area (Å²) in [6, 6.07) is 6.50. The van der Waals surface area contributed by atoms with Crippen LogP contribution < -0.4 is 10.1 Å². The number of methoxy groups -OCH3 is 2. The number of hydrogen-bond acceptors (Lipinski definition) is 7. The van der Waals surface area contributed by atoms with E-state index in [1.807, 2.05) is 6.07 Å². The molecule has 2 amide bonds. The molecule has 9 nitrogen and oxygen atoms in total. The molecule has 0 saturated carbocycles. The molecule has 0 unspecified atom stereocenters. The number of amides is 2. The Morgan fingerprint density at radius 1 is 1.24 bits per heavy atom. The molecule has 4 atom stereocenters. The minimum absolute atomic E-state index is 0.104. The second-order valence-corrected chi connectivity index (χ2v) is 7.20. The zero-order valence-electron chi connectivity index (χ0n) is 16.7. The van der Waals surface area contributed by atoms with Crippen LogP contribution in [-0.4, -0.2) is 80.3 Å². The lowest BCUT2D eigenvalue weighted by molar-refractivity contribution is -0.159. The number of carbonyl (C=O) groups excluding carboxylic acids is 2. The van der Waals surface area contributed by atoms with E-state index in [-0.39, 0.29) is 50.3 Å². The van der Waals surface area contributed by atoms with Crippen molar-refractivity contribution in [2.45, 2.75) is 43.6 Å². The number of nitrogens with one attached hydrogen (secondary N) is 1. The number of ether oxygens (including phenoxy) is 4. The van der Waals surface area contributed by atoms with Gasteiger partial charge in [-0.15, -0.1) is 0 Å². The molecule has 0 spiro atoms. The van der Waals surface area contributed by atoms with Crippen LogP contribution in [-0.2, 0) is 19.0 Å². The van der Waals surface area contributed by atoms with Gasteiger partial charge >= 0.3 is 12.0 Å². The molecule has 1 aromatic carbocycles. The topological polar surface area (TPSA) is 107 Å². The molecular weight excluding hydrogens is 380 g/mol. The minimum Gasteiger partial charge on any atom is -0.495 e. The van der Waals surface area contributed by atoms with E-state index in [9.17, 15) is 14.7 Å². The van der Waals surface area contributed by atoms with Crippen LogP contribution in [0.4, 0.5) is 10.5 Å². The number of carbonyl (C=O) groups is 2. The third-order valence-electron chi connectivity index (χ3n) is 5.21. The van der Waals surface area contributed by atoms with Crippen molar-refractivity contribution >= 4 is 17.7 Å². The molecule has 0 aliphatic carbocycles. The number of β-amino-alcohol motifs (C(OH)–C–C–N with tert-alkyl or cyclic N) is 1. The van der Waals surface area contributed by atoms with E-state index >= 15 is 0 Å². The first-order valence-corrected chi connectivity index (χ1v) is 9.70. The minimum atomic E-state index is -0.799. The maximum atomic E-state index is 13.1. The number of hydrogen-bond donors (Lipinski definition) is 2. The number of anilines is 1. The summed E-state index contributed by atoms with van der Waals surface area (Å²) in [4.78, 5) is 26.3. The van der Waals surface area contributed by atoms with E-state index in [2.05, 4.69) is 5.32 Å². The molecule has 9 heteroatoms. The molecule has 2 saturated heterocycles. The zero-order chi connectivity index (χ0) is 20.8. The monoisotopic (exact) mass is 408 g/mol. The smallest absolute Gasteiger partial charge is 0.322 e. The lowest BCUT2D eigenvalue weighted by Crippen LogP contribution is -2.58. The number of aliphatic hydroxyl groups is 1. The molecule has 2 aliphatic rings. The van der Waals surface area contributed by atoms with Gasteiger partial charge in [0.25, 0.3) is 0 Å². The van der Waals surface area contributed by atoms with Gasteiger partial charge in [0.1, 0.15) is 11.9 Å². The van der Waals surface area contributed by atoms with Gasteiger partial charge in [-0.05, 0) is 25.0 Å². The van der Waals surface area contributed by atoms with Crippen molar-refractivity contribution in [2.24, 2.45) is 0 Å². The van der Waals surface area contributed by atoms with Crippen LogP contribution in [0.15, 0.2) is 24.3 Å². The van der Waals surface area contributed by atoms with Gasteiger partial charge in [0.15, 0.2) is 0 Å². The van der Waals surface area contributed by atoms with Gasteiger partial charge < -0.3 is 34.3 Å². The highest BCUT2D eigenvalue weighted by molar-refractivity contribution is 5.91. The average Bonchev–Trinajstić information content (AvgIpc) is 2.71. The second kappa shape index (κ2) is 9.91. The van der Waals surface area contributed by atoms with Crippen molar-refractivity contribution in [3.8, 4) is 5.75 Å². The van der Waals surface area contributed by atoms with Crippen LogP contribution in [0.2, 0.25) is 0 Å². The fourth-order valence-electron chi connectivity index (χ4n) is 3.78. The first-order chi connectivity index (χ1) is 14.0. The Morgan fingerprint density at radius 3 is 2.79 bits per heavy atom. The van der Waals surface area contributed by atoms with Gasteiger partial charge in [-0.1, -0.05) is 12.1 Å². The Hall–Kier alpha value is -2.36. The van der Waals surface area contributed by atoms with E-state index in [0.29, 0.717) is 24.3 Å². The van der Waals surface area contributed by atoms with Crippen LogP contribution in [0.25, 0.3) is 0 Å². The highest BCUT2D eigenvalue weighted by Crippen LogP contribution is 2.29. The molecule has 1 aromatic rings. The summed E-state index contributed by atoms with van der Waals surface area (Å²) < 4.78 is 21.6. The van der Waals surface area contributed by atoms with Gasteiger partial charge in [-0.25, -0.2) is 4.79 Å². The molecule has 0 radical (unpaired) electrons. The van der Waals surface area contributed by atoms with Gasteiger partial charge in [0.05, 0.1) is 64.3 Å². The number of urea groups is 1. The Morgan fingerprint density at radius 2 is 2.03 bits per heavy atom. The molecule has 0 bridgehead atoms. The molecule has 2 aliphatic heterocycles. The highest BCUT2D eigenvalue weighted by atomic mass is 16.6. The number of fused-ring (bicyclic) bond motifs is 1. The molecule has 3 rings (SSSR count). The second-order valence-electron chi connectivity index (χ2n) is 7.20. The Bertz CT molecular complexity index is 714. The SMILES string of the molecule is COC(=O)C[C@H]1CC[C@@H]2[C@H](COC[C@H](O)CN2C(=O)Nc2ccccc2OC)O1. The van der Waals surface area contributed by atoms with Gasteiger partial charge in [-0.2, -0.15) is 0 Å². The normalized spacial score (nSPS) is 27.2. The summed E-state index contributed by atoms with van der Waals surface area (Å²) >= 11 is 0. The summed E-state index contributed by atoms with van der Waals surface area (Å²) in [7, 11) is 2.88. The number of esters is 1. The van der Waals surface area contributed by atoms with Crippen LogP contribution in [0.5, 0.6) is 5.75 Å². The maximum Gasteiger partial charge on any atom is 0.322 e. The van der Waals surface area contributed by atoms with Crippen molar-refractivity contribution in [3.05, 3.63) is 24.3 Å². The number of nitrogens with zero attached hydrogens (tertiary/aromatic N) is 1. The van der Waals surface area contributed by atoms with E-state index < -0.39 is 12.2 Å². The number of para-hydroxylation sites is 2. The Balaban J connectivity index is 1.74. The summed E-state index contributed by atoms with van der Waals surface area (Å²) in [6.45, 7) is 0.456. The third kappa shape index (κ3) is 5.37. The van der Waals surface area contributed by atoms with Crippen molar-refractivity contribution in [1.82, 2.24) is 4.90 Å². The number of benzene rings is 1. The van der Waals surface area contributed by atoms with Crippen molar-refractivity contribution in [2.75, 3.05) is 39.3 Å². The van der Waals surface area contributed by atoms with Crippen LogP contribution in [0, 0.1) is 0 Å². The summed E-state index contributed by atoms with van der Waals surface area (Å²) in [5.41, 5.74) is 0.546. The number of aliphatic hydroxyl groups excluding tert-OH is 1. The lowest BCUT2D eigenvalue weighted by Gasteiger charge is -2.44. The van der Waals surface area contributed by atoms with E-state index in [1.165, 1.54) is 14.2 Å². The Labute approximate surface area is 169 Å². The average molecular weight is 408 g/mol. The molecule has 2 N–H and O–H groups in total. The third-order valence-corrected chi connectivity index (χ3v) is 5.21. The van der Waals surface area contributed by atoms with Crippen LogP contribution in [0.3, 0.4) is 0 Å². The molecular formula is C20H28N2O7. The first kappa shape index (κ1) is 21.4. The molecule has 160 valence electrons. The summed E-state index contributed by atoms with van der Waals surface area (Å²) in [5.74, 6) is 0.216. The van der Waals surface area contributed by atoms with Gasteiger partial charge in [0, 0.05) is 0 Å². The van der Waals surface area contributed by atoms with Gasteiger partial charge in [-0.3, -0.25) is 4.79 Å². The van der Waals surface area contributed by atoms with Crippen LogP contribution >= 0.6 is 0 Å². The maximum absolute atomic E-state index is 13.1. The fourth-order valence-corrected chi connectivity index (χ4v) is 3.78. The zero-order valence-corrected chi connectivity index (χ0v) is 16.7. The molecule has 29 heavy (non-hydrogen) atoms. The summed E-state index contributed by atoms with van der Waals surface area (Å²) in [6.07, 6.45) is -0.0836. The summed E-state index contributed by atoms with van der Waals surface area (Å²) in [5, 5.41) is 13.1. The molecule has 0 aromatic heterocycles. The van der Waals surface area contributed by atoms with E-state index in [0.717, 1.165) is 0 Å². The van der Waals surface area contributed by atoms with Crippen molar-refractivity contribution < 1.29 is 33.6 Å². The first-order valence-electron chi connectivity index (χ1n) is 9.70. The molecule has 2 heterocycles. The Kier molecular flexibility index (Phi) is 7.29. The lowest BCUT2D eigenvalue weighted by atomic mass is 9.95. The fraction of sp³-hybridized carbons (Fsp3) is 0.600. The van der Waals surface area contributed by atoms with E-state index in [4.69, 9.17) is 18.9 Å². The van der Waals surface area contributed by atoms with Crippen LogP contribution in [0.1, 0.15) is 19.3 Å². The number of rotatable bonds is 4. The predicted molar refractivity (Wildman–Crippen MR) is 104 cm³/mol. The largest absolute Gasteiger partial charge is 0.495 e. The van der Waals surface area contributed by atoms with E-state index in [1.54, 1.807) is 23.1 Å². The standard InChI is InChI=1S/C20H28N2O7/c1-26-17-6-4-3-5-15(17)21-20(25)22-10-13(23)11-28-12-18-16(22)8-7-14(29-18)9-19(24)27-2/h3-6,13-14,16,18,23H,7-12H2,1-2H3,(H,21,25)/t13-,14-,16-,18+/m1/s1. The van der Waals surface area contributed by atoms with Gasteiger partial charge in [0.2, 0.25) is 0 Å².